The van der Waals surface area contributed by atoms with E-state index in [0.717, 1.165) is 9.13 Å². The number of carbonyl (C=O) groups is 2. The van der Waals surface area contributed by atoms with Gasteiger partial charge in [-0.1, -0.05) is 24.3 Å². The molecular weight excluding hydrogens is 547 g/mol. The number of rotatable bonds is 8. The highest BCUT2D eigenvalue weighted by Crippen LogP contribution is 2.34. The smallest absolute Gasteiger partial charge is 0.271 e. The molecule has 0 aliphatic rings. The van der Waals surface area contributed by atoms with Crippen LogP contribution in [0.1, 0.15) is 34.0 Å². The van der Waals surface area contributed by atoms with Crippen molar-refractivity contribution in [2.45, 2.75) is 13.5 Å². The van der Waals surface area contributed by atoms with E-state index in [-0.39, 0.29) is 12.5 Å². The summed E-state index contributed by atoms with van der Waals surface area (Å²) in [5, 5.41) is 15.9. The van der Waals surface area contributed by atoms with Gasteiger partial charge in [-0.25, -0.2) is 5.43 Å². The third kappa shape index (κ3) is 6.55. The number of nitrogens with one attached hydrogen (secondary N) is 2. The van der Waals surface area contributed by atoms with Gasteiger partial charge in [-0.2, -0.15) is 10.4 Å². The van der Waals surface area contributed by atoms with E-state index in [1.807, 2.05) is 18.2 Å². The summed E-state index contributed by atoms with van der Waals surface area (Å²) in [4.78, 5) is 23.6. The molecule has 8 nitrogen and oxygen atoms in total. The fourth-order valence-corrected chi connectivity index (χ4v) is 3.81. The Kier molecular flexibility index (Phi) is 8.59. The number of carbonyl (C=O) groups excluding carboxylic acids is 2. The molecule has 0 unspecified atom stereocenters. The number of ether oxygens (including phenoxy) is 2. The molecule has 172 valence electrons. The topological polar surface area (TPSA) is 113 Å². The first-order valence-corrected chi connectivity index (χ1v) is 11.2. The second-order valence-electron chi connectivity index (χ2n) is 7.05. The maximum Gasteiger partial charge on any atom is 0.271 e. The number of nitrogens with zero attached hydrogens (tertiary/aromatic N) is 2. The molecule has 0 bridgehead atoms. The fourth-order valence-electron chi connectivity index (χ4n) is 3.03. The van der Waals surface area contributed by atoms with E-state index in [1.165, 1.54) is 20.2 Å². The molecule has 0 saturated carbocycles. The molecule has 0 saturated heterocycles. The van der Waals surface area contributed by atoms with Crippen molar-refractivity contribution in [2.24, 2.45) is 5.10 Å². The van der Waals surface area contributed by atoms with Crippen LogP contribution in [0.15, 0.2) is 65.8 Å². The molecule has 3 rings (SSSR count). The quantitative estimate of drug-likeness (QED) is 0.237. The number of hydrazone groups is 1. The van der Waals surface area contributed by atoms with Crippen LogP contribution in [0.2, 0.25) is 0 Å². The number of anilines is 1. The van der Waals surface area contributed by atoms with Crippen LogP contribution in [-0.4, -0.2) is 25.1 Å². The van der Waals surface area contributed by atoms with Crippen LogP contribution < -0.4 is 20.2 Å². The Morgan fingerprint density at radius 2 is 1.94 bits per heavy atom. The maximum absolute atomic E-state index is 12.4. The van der Waals surface area contributed by atoms with Gasteiger partial charge in [0.15, 0.2) is 11.5 Å². The molecule has 3 aromatic carbocycles. The number of benzene rings is 3. The summed E-state index contributed by atoms with van der Waals surface area (Å²) >= 11 is 2.13. The Morgan fingerprint density at radius 3 is 2.68 bits per heavy atom. The number of amides is 2. The van der Waals surface area contributed by atoms with Crippen molar-refractivity contribution >= 4 is 46.3 Å². The number of nitriles is 1. The van der Waals surface area contributed by atoms with Gasteiger partial charge in [0.25, 0.3) is 5.91 Å². The Hall–Kier alpha value is -3.91. The third-order valence-electron chi connectivity index (χ3n) is 4.59. The zero-order chi connectivity index (χ0) is 24.5. The summed E-state index contributed by atoms with van der Waals surface area (Å²) in [5.41, 5.74) is 5.38. The Bertz CT molecular complexity index is 1280. The number of hydrogen-bond acceptors (Lipinski definition) is 6. The lowest BCUT2D eigenvalue weighted by molar-refractivity contribution is -0.114. The number of halogens is 1. The average molecular weight is 568 g/mol. The van der Waals surface area contributed by atoms with Gasteiger partial charge in [0.2, 0.25) is 5.91 Å². The maximum atomic E-state index is 12.4. The zero-order valence-corrected chi connectivity index (χ0v) is 20.6. The molecule has 2 N–H and O–H groups in total. The van der Waals surface area contributed by atoms with E-state index in [2.05, 4.69) is 44.5 Å². The van der Waals surface area contributed by atoms with E-state index in [4.69, 9.17) is 9.47 Å². The first-order chi connectivity index (χ1) is 16.4. The van der Waals surface area contributed by atoms with Gasteiger partial charge < -0.3 is 14.8 Å². The summed E-state index contributed by atoms with van der Waals surface area (Å²) in [6.45, 7) is 1.62. The van der Waals surface area contributed by atoms with E-state index in [9.17, 15) is 14.9 Å². The third-order valence-corrected chi connectivity index (χ3v) is 5.39. The highest BCUT2D eigenvalue weighted by atomic mass is 127. The van der Waals surface area contributed by atoms with Gasteiger partial charge in [0, 0.05) is 23.7 Å². The lowest BCUT2D eigenvalue weighted by Gasteiger charge is -2.14. The molecule has 0 heterocycles. The van der Waals surface area contributed by atoms with Crippen LogP contribution in [0.3, 0.4) is 0 Å². The predicted octanol–water partition coefficient (Wildman–Crippen LogP) is 4.47. The second kappa shape index (κ2) is 11.8. The van der Waals surface area contributed by atoms with Gasteiger partial charge in [0.05, 0.1) is 28.5 Å². The van der Waals surface area contributed by atoms with Gasteiger partial charge in [0.1, 0.15) is 6.61 Å². The van der Waals surface area contributed by atoms with Crippen LogP contribution in [0, 0.1) is 14.9 Å². The molecule has 2 amide bonds. The highest BCUT2D eigenvalue weighted by molar-refractivity contribution is 14.1. The standard InChI is InChI=1S/C25H21IN4O4/c1-16(31)29-21-9-5-8-18(12-21)25(32)30-28-14-17-10-22(26)24(23(11-17)33-2)34-15-20-7-4-3-6-19(20)13-27/h3-12,14H,15H2,1-2H3,(H,29,31)(H,30,32)/b28-14-. The molecule has 0 aliphatic carbocycles. The molecular formula is C25H21IN4O4. The van der Waals surface area contributed by atoms with Gasteiger partial charge in [-0.15, -0.1) is 0 Å². The summed E-state index contributed by atoms with van der Waals surface area (Å²) in [6.07, 6.45) is 1.50. The molecule has 9 heteroatoms. The largest absolute Gasteiger partial charge is 0.493 e. The van der Waals surface area contributed by atoms with Crippen LogP contribution in [0.25, 0.3) is 0 Å². The van der Waals surface area contributed by atoms with Crippen molar-refractivity contribution in [1.82, 2.24) is 5.43 Å². The zero-order valence-electron chi connectivity index (χ0n) is 18.5. The summed E-state index contributed by atoms with van der Waals surface area (Å²) in [5.74, 6) is 0.408. The Balaban J connectivity index is 1.70. The molecule has 3 aromatic rings. The average Bonchev–Trinajstić information content (AvgIpc) is 2.83. The van der Waals surface area contributed by atoms with Crippen LogP contribution >= 0.6 is 22.6 Å². The lowest BCUT2D eigenvalue weighted by atomic mass is 10.1. The van der Waals surface area contributed by atoms with Crippen molar-refractivity contribution in [1.29, 1.82) is 5.26 Å². The summed E-state index contributed by atoms with van der Waals surface area (Å²) in [6, 6.07) is 19.5. The summed E-state index contributed by atoms with van der Waals surface area (Å²) in [7, 11) is 1.53. The summed E-state index contributed by atoms with van der Waals surface area (Å²) < 4.78 is 12.2. The van der Waals surface area contributed by atoms with Crippen molar-refractivity contribution < 1.29 is 19.1 Å². The molecule has 0 aromatic heterocycles. The number of hydrogen-bond donors (Lipinski definition) is 2. The minimum atomic E-state index is -0.416. The Morgan fingerprint density at radius 1 is 1.15 bits per heavy atom. The minimum absolute atomic E-state index is 0.219. The minimum Gasteiger partial charge on any atom is -0.493 e. The molecule has 0 atom stereocenters. The first-order valence-electron chi connectivity index (χ1n) is 10.1. The SMILES string of the molecule is COc1cc(/C=N\NC(=O)c2cccc(NC(C)=O)c2)cc(I)c1OCc1ccccc1C#N. The highest BCUT2D eigenvalue weighted by Gasteiger charge is 2.13. The van der Waals surface area contributed by atoms with Crippen LogP contribution in [0.4, 0.5) is 5.69 Å². The van der Waals surface area contributed by atoms with E-state index >= 15 is 0 Å². The molecule has 34 heavy (non-hydrogen) atoms. The molecule has 0 radical (unpaired) electrons. The number of methoxy groups -OCH3 is 1. The monoisotopic (exact) mass is 568 g/mol. The van der Waals surface area contributed by atoms with Gasteiger partial charge in [-0.05, 0) is 64.6 Å². The Labute approximate surface area is 210 Å². The van der Waals surface area contributed by atoms with E-state index < -0.39 is 5.91 Å². The van der Waals surface area contributed by atoms with Crippen LogP contribution in [-0.2, 0) is 11.4 Å². The van der Waals surface area contributed by atoms with Crippen LogP contribution in [0.5, 0.6) is 11.5 Å². The van der Waals surface area contributed by atoms with Gasteiger partial charge >= 0.3 is 0 Å². The molecule has 0 spiro atoms. The predicted molar refractivity (Wildman–Crippen MR) is 137 cm³/mol. The van der Waals surface area contributed by atoms with Crippen molar-refractivity contribution in [3.8, 4) is 17.6 Å². The van der Waals surface area contributed by atoms with Crippen molar-refractivity contribution in [2.75, 3.05) is 12.4 Å². The van der Waals surface area contributed by atoms with Crippen molar-refractivity contribution in [3.63, 3.8) is 0 Å². The normalized spacial score (nSPS) is 10.4. The second-order valence-corrected chi connectivity index (χ2v) is 8.22. The van der Waals surface area contributed by atoms with Crippen molar-refractivity contribution in [3.05, 3.63) is 86.5 Å². The molecule has 0 aliphatic heterocycles. The molecule has 0 fully saturated rings. The van der Waals surface area contributed by atoms with E-state index in [1.54, 1.807) is 42.5 Å². The lowest BCUT2D eigenvalue weighted by Crippen LogP contribution is -2.18. The van der Waals surface area contributed by atoms with E-state index in [0.29, 0.717) is 33.9 Å². The van der Waals surface area contributed by atoms with Gasteiger partial charge in [-0.3, -0.25) is 9.59 Å². The first kappa shape index (κ1) is 24.7. The fraction of sp³-hybridized carbons (Fsp3) is 0.120.